The third-order valence-corrected chi connectivity index (χ3v) is 4.69. The number of nitrogen functional groups attached to an aromatic ring is 1. The predicted molar refractivity (Wildman–Crippen MR) is 107 cm³/mol. The molecule has 0 saturated heterocycles. The lowest BCUT2D eigenvalue weighted by atomic mass is 10.3. The van der Waals surface area contributed by atoms with Crippen molar-refractivity contribution in [3.8, 4) is 17.2 Å². The Bertz CT molecular complexity index is 981. The molecule has 0 spiro atoms. The third-order valence-electron chi connectivity index (χ3n) is 3.78. The molecular formula is C18H19N5O5S. The second-order valence-electron chi connectivity index (χ2n) is 5.66. The van der Waals surface area contributed by atoms with E-state index in [9.17, 15) is 10.1 Å². The Balaban J connectivity index is 1.50. The van der Waals surface area contributed by atoms with Gasteiger partial charge in [0.1, 0.15) is 18.1 Å². The molecule has 0 aliphatic carbocycles. The number of nitro groups is 1. The van der Waals surface area contributed by atoms with Crippen molar-refractivity contribution in [2.45, 2.75) is 11.8 Å². The quantitative estimate of drug-likeness (QED) is 0.174. The fraction of sp³-hybridized carbons (Fsp3) is 0.222. The molecule has 152 valence electrons. The average Bonchev–Trinajstić information content (AvgIpc) is 3.09. The van der Waals surface area contributed by atoms with Crippen molar-refractivity contribution in [3.05, 3.63) is 64.5 Å². The van der Waals surface area contributed by atoms with Gasteiger partial charge in [-0.05, 0) is 18.2 Å². The van der Waals surface area contributed by atoms with Crippen LogP contribution in [0.1, 0.15) is 5.82 Å². The van der Waals surface area contributed by atoms with Crippen LogP contribution in [0.3, 0.4) is 0 Å². The van der Waals surface area contributed by atoms with Gasteiger partial charge in [-0.2, -0.15) is 0 Å². The first-order chi connectivity index (χ1) is 14.1. The summed E-state index contributed by atoms with van der Waals surface area (Å²) in [6.45, 7) is 0.391. The van der Waals surface area contributed by atoms with Crippen molar-refractivity contribution in [2.24, 2.45) is 0 Å². The molecule has 0 aliphatic rings. The summed E-state index contributed by atoms with van der Waals surface area (Å²) in [4.78, 5) is 10.5. The first-order valence-corrected chi connectivity index (χ1v) is 9.52. The molecule has 1 heterocycles. The van der Waals surface area contributed by atoms with Crippen molar-refractivity contribution in [1.82, 2.24) is 14.9 Å². The van der Waals surface area contributed by atoms with Crippen molar-refractivity contribution < 1.29 is 19.1 Å². The number of hydrogen-bond acceptors (Lipinski definition) is 9. The Morgan fingerprint density at radius 2 is 1.93 bits per heavy atom. The molecule has 2 N–H and O–H groups in total. The lowest BCUT2D eigenvalue weighted by Crippen LogP contribution is -2.16. The van der Waals surface area contributed by atoms with Crippen LogP contribution in [-0.4, -0.2) is 39.3 Å². The number of nitro benzene ring substituents is 1. The summed E-state index contributed by atoms with van der Waals surface area (Å²) in [6, 6.07) is 13.4. The molecule has 3 aromatic rings. The van der Waals surface area contributed by atoms with Crippen LogP contribution in [0.2, 0.25) is 0 Å². The SMILES string of the molecule is COc1cccc(OCc2nnc(SCCOc3ccccc3[N+](=O)[O-])n2N)c1. The lowest BCUT2D eigenvalue weighted by Gasteiger charge is -2.08. The van der Waals surface area contributed by atoms with Crippen LogP contribution in [0.15, 0.2) is 53.7 Å². The number of nitrogens with two attached hydrogens (primary N) is 1. The minimum Gasteiger partial charge on any atom is -0.497 e. The molecule has 0 saturated carbocycles. The van der Waals surface area contributed by atoms with Crippen LogP contribution in [0.5, 0.6) is 17.2 Å². The molecule has 0 bridgehead atoms. The van der Waals surface area contributed by atoms with E-state index in [0.29, 0.717) is 28.2 Å². The van der Waals surface area contributed by atoms with E-state index in [4.69, 9.17) is 20.1 Å². The summed E-state index contributed by atoms with van der Waals surface area (Å²) in [6.07, 6.45) is 0. The first kappa shape index (κ1) is 20.3. The van der Waals surface area contributed by atoms with Crippen molar-refractivity contribution in [2.75, 3.05) is 25.3 Å². The predicted octanol–water partition coefficient (Wildman–Crippen LogP) is 2.66. The van der Waals surface area contributed by atoms with Gasteiger partial charge in [0.15, 0.2) is 11.6 Å². The maximum atomic E-state index is 11.0. The smallest absolute Gasteiger partial charge is 0.310 e. The first-order valence-electron chi connectivity index (χ1n) is 8.53. The van der Waals surface area contributed by atoms with Gasteiger partial charge in [-0.15, -0.1) is 10.2 Å². The third kappa shape index (κ3) is 5.29. The van der Waals surface area contributed by atoms with Crippen LogP contribution in [0, 0.1) is 10.1 Å². The zero-order chi connectivity index (χ0) is 20.6. The zero-order valence-electron chi connectivity index (χ0n) is 15.6. The van der Waals surface area contributed by atoms with Gasteiger partial charge in [0.25, 0.3) is 0 Å². The molecular weight excluding hydrogens is 398 g/mol. The number of methoxy groups -OCH3 is 1. The Morgan fingerprint density at radius 3 is 2.72 bits per heavy atom. The maximum Gasteiger partial charge on any atom is 0.310 e. The Hall–Kier alpha value is -3.47. The lowest BCUT2D eigenvalue weighted by molar-refractivity contribution is -0.385. The van der Waals surface area contributed by atoms with Gasteiger partial charge in [-0.25, -0.2) is 4.68 Å². The summed E-state index contributed by atoms with van der Waals surface area (Å²) in [5, 5.41) is 19.5. The van der Waals surface area contributed by atoms with E-state index in [2.05, 4.69) is 10.2 Å². The fourth-order valence-electron chi connectivity index (χ4n) is 2.36. The Labute approximate surface area is 170 Å². The van der Waals surface area contributed by atoms with E-state index in [1.807, 2.05) is 12.1 Å². The zero-order valence-corrected chi connectivity index (χ0v) is 16.4. The summed E-state index contributed by atoms with van der Waals surface area (Å²) >= 11 is 1.32. The second kappa shape index (κ2) is 9.64. The van der Waals surface area contributed by atoms with Crippen LogP contribution >= 0.6 is 11.8 Å². The molecule has 1 aromatic heterocycles. The summed E-state index contributed by atoms with van der Waals surface area (Å²) in [5.74, 6) is 8.49. The summed E-state index contributed by atoms with van der Waals surface area (Å²) < 4.78 is 17.7. The molecule has 29 heavy (non-hydrogen) atoms. The molecule has 0 radical (unpaired) electrons. The molecule has 0 atom stereocenters. The van der Waals surface area contributed by atoms with Crippen LogP contribution in [0.4, 0.5) is 5.69 Å². The number of para-hydroxylation sites is 2. The van der Waals surface area contributed by atoms with E-state index >= 15 is 0 Å². The minimum atomic E-state index is -0.479. The van der Waals surface area contributed by atoms with Gasteiger partial charge in [0.05, 0.1) is 18.6 Å². The van der Waals surface area contributed by atoms with Gasteiger partial charge in [-0.1, -0.05) is 30.0 Å². The van der Waals surface area contributed by atoms with E-state index in [-0.39, 0.29) is 24.7 Å². The van der Waals surface area contributed by atoms with E-state index in [1.165, 1.54) is 22.5 Å². The molecule has 0 aliphatic heterocycles. The molecule has 11 heteroatoms. The molecule has 0 fully saturated rings. The maximum absolute atomic E-state index is 11.0. The van der Waals surface area contributed by atoms with Crippen molar-refractivity contribution >= 4 is 17.4 Å². The van der Waals surface area contributed by atoms with E-state index in [1.54, 1.807) is 37.4 Å². The molecule has 10 nitrogen and oxygen atoms in total. The van der Waals surface area contributed by atoms with Gasteiger partial charge in [-0.3, -0.25) is 10.1 Å². The minimum absolute atomic E-state index is 0.0727. The van der Waals surface area contributed by atoms with Crippen LogP contribution in [-0.2, 0) is 6.61 Å². The van der Waals surface area contributed by atoms with Gasteiger partial charge in [0, 0.05) is 17.9 Å². The van der Waals surface area contributed by atoms with Gasteiger partial charge in [0.2, 0.25) is 5.16 Å². The largest absolute Gasteiger partial charge is 0.497 e. The highest BCUT2D eigenvalue weighted by Crippen LogP contribution is 2.26. The number of ether oxygens (including phenoxy) is 3. The van der Waals surface area contributed by atoms with Crippen molar-refractivity contribution in [1.29, 1.82) is 0 Å². The monoisotopic (exact) mass is 417 g/mol. The van der Waals surface area contributed by atoms with E-state index < -0.39 is 4.92 Å². The normalized spacial score (nSPS) is 10.5. The number of aromatic nitrogens is 3. The molecule has 2 aromatic carbocycles. The Morgan fingerprint density at radius 1 is 1.14 bits per heavy atom. The van der Waals surface area contributed by atoms with Crippen LogP contribution in [0.25, 0.3) is 0 Å². The number of benzene rings is 2. The van der Waals surface area contributed by atoms with Gasteiger partial charge < -0.3 is 20.1 Å². The number of nitrogens with zero attached hydrogens (tertiary/aromatic N) is 4. The fourth-order valence-corrected chi connectivity index (χ4v) is 3.05. The highest BCUT2D eigenvalue weighted by atomic mass is 32.2. The molecule has 3 rings (SSSR count). The highest BCUT2D eigenvalue weighted by molar-refractivity contribution is 7.99. The van der Waals surface area contributed by atoms with Gasteiger partial charge >= 0.3 is 5.69 Å². The standard InChI is InChI=1S/C18H19N5O5S/c1-26-13-5-4-6-14(11-13)28-12-17-20-21-18(22(17)19)29-10-9-27-16-8-3-2-7-15(16)23(24)25/h2-8,11H,9-10,12,19H2,1H3. The van der Waals surface area contributed by atoms with Crippen molar-refractivity contribution in [3.63, 3.8) is 0 Å². The number of thioether (sulfide) groups is 1. The number of hydrogen-bond donors (Lipinski definition) is 1. The summed E-state index contributed by atoms with van der Waals surface area (Å²) in [7, 11) is 1.58. The number of rotatable bonds is 10. The molecule has 0 unspecified atom stereocenters. The summed E-state index contributed by atoms with van der Waals surface area (Å²) in [5.41, 5.74) is -0.0727. The average molecular weight is 417 g/mol. The van der Waals surface area contributed by atoms with Crippen LogP contribution < -0.4 is 20.1 Å². The topological polar surface area (TPSA) is 128 Å². The Kier molecular flexibility index (Phi) is 6.74. The second-order valence-corrected chi connectivity index (χ2v) is 6.72. The van der Waals surface area contributed by atoms with E-state index in [0.717, 1.165) is 0 Å². The molecule has 0 amide bonds. The highest BCUT2D eigenvalue weighted by Gasteiger charge is 2.14.